The third kappa shape index (κ3) is 4.28. The van der Waals surface area contributed by atoms with Crippen LogP contribution >= 0.6 is 11.3 Å². The number of rotatable bonds is 7. The van der Waals surface area contributed by atoms with Crippen molar-refractivity contribution in [3.05, 3.63) is 63.7 Å². The summed E-state index contributed by atoms with van der Waals surface area (Å²) in [5.41, 5.74) is 0.921. The molecular formula is C21H26N4O3S2. The van der Waals surface area contributed by atoms with Crippen LogP contribution in [0.15, 0.2) is 51.5 Å². The average Bonchev–Trinajstić information content (AvgIpc) is 3.39. The lowest BCUT2D eigenvalue weighted by Gasteiger charge is -2.31. The first-order valence-electron chi connectivity index (χ1n) is 10.3. The summed E-state index contributed by atoms with van der Waals surface area (Å²) in [7, 11) is -3.47. The van der Waals surface area contributed by atoms with Crippen LogP contribution in [0.3, 0.4) is 0 Å². The summed E-state index contributed by atoms with van der Waals surface area (Å²) < 4.78 is 29.2. The fraction of sp³-hybridized carbons (Fsp3) is 0.429. The first-order valence-corrected chi connectivity index (χ1v) is 12.6. The smallest absolute Gasteiger partial charge is 0.246 e. The van der Waals surface area contributed by atoms with Gasteiger partial charge in [0, 0.05) is 19.5 Å². The molecule has 1 N–H and O–H groups in total. The molecule has 160 valence electrons. The Kier molecular flexibility index (Phi) is 6.21. The maximum Gasteiger partial charge on any atom is 0.348 e. The van der Waals surface area contributed by atoms with Crippen LogP contribution in [-0.4, -0.2) is 40.6 Å². The normalized spacial score (nSPS) is 16.2. The van der Waals surface area contributed by atoms with Crippen molar-refractivity contribution in [2.45, 2.75) is 43.9 Å². The molecular weight excluding hydrogens is 420 g/mol. The third-order valence-corrected chi connectivity index (χ3v) is 8.38. The SMILES string of the molecule is CCCc1ccc(S(=O)(=O)N2CCC(Cc3n[nH]c(=O)n3-c3cccs3)CC2)cc1. The van der Waals surface area contributed by atoms with E-state index in [2.05, 4.69) is 17.1 Å². The first kappa shape index (κ1) is 21.0. The zero-order chi connectivity index (χ0) is 21.1. The predicted molar refractivity (Wildman–Crippen MR) is 118 cm³/mol. The highest BCUT2D eigenvalue weighted by Gasteiger charge is 2.30. The number of nitrogens with zero attached hydrogens (tertiary/aromatic N) is 3. The number of aromatic amines is 1. The van der Waals surface area contributed by atoms with Crippen molar-refractivity contribution in [3.8, 4) is 5.00 Å². The van der Waals surface area contributed by atoms with Crippen LogP contribution in [0.5, 0.6) is 0 Å². The molecule has 0 saturated carbocycles. The second-order valence-corrected chi connectivity index (χ2v) is 10.5. The molecule has 0 bridgehead atoms. The highest BCUT2D eigenvalue weighted by atomic mass is 32.2. The van der Waals surface area contributed by atoms with Gasteiger partial charge in [-0.2, -0.15) is 9.40 Å². The van der Waals surface area contributed by atoms with Gasteiger partial charge in [-0.05, 0) is 60.4 Å². The zero-order valence-electron chi connectivity index (χ0n) is 17.0. The topological polar surface area (TPSA) is 88.1 Å². The molecule has 30 heavy (non-hydrogen) atoms. The zero-order valence-corrected chi connectivity index (χ0v) is 18.6. The third-order valence-electron chi connectivity index (χ3n) is 5.61. The van der Waals surface area contributed by atoms with Gasteiger partial charge in [0.15, 0.2) is 0 Å². The van der Waals surface area contributed by atoms with Crippen LogP contribution in [0.2, 0.25) is 0 Å². The average molecular weight is 447 g/mol. The molecule has 2 aromatic heterocycles. The van der Waals surface area contributed by atoms with E-state index in [1.807, 2.05) is 29.6 Å². The summed E-state index contributed by atoms with van der Waals surface area (Å²) in [6, 6.07) is 11.0. The summed E-state index contributed by atoms with van der Waals surface area (Å²) in [5, 5.41) is 9.52. The van der Waals surface area contributed by atoms with E-state index < -0.39 is 10.0 Å². The van der Waals surface area contributed by atoms with Crippen molar-refractivity contribution in [1.29, 1.82) is 0 Å². The molecule has 3 aromatic rings. The quantitative estimate of drug-likeness (QED) is 0.604. The molecule has 0 aliphatic carbocycles. The number of aryl methyl sites for hydroxylation is 1. The molecule has 1 aliphatic heterocycles. The van der Waals surface area contributed by atoms with Crippen molar-refractivity contribution in [2.24, 2.45) is 5.92 Å². The highest BCUT2D eigenvalue weighted by molar-refractivity contribution is 7.89. The summed E-state index contributed by atoms with van der Waals surface area (Å²) in [6.07, 6.45) is 4.14. The van der Waals surface area contributed by atoms with Crippen molar-refractivity contribution < 1.29 is 8.42 Å². The Morgan fingerprint density at radius 1 is 1.17 bits per heavy atom. The monoisotopic (exact) mass is 446 g/mol. The summed E-state index contributed by atoms with van der Waals surface area (Å²) in [4.78, 5) is 12.5. The molecule has 4 rings (SSSR count). The molecule has 0 atom stereocenters. The second-order valence-electron chi connectivity index (χ2n) is 7.68. The Labute approximate surface area is 180 Å². The maximum atomic E-state index is 13.0. The Hall–Kier alpha value is -2.23. The number of hydrogen-bond acceptors (Lipinski definition) is 5. The summed E-state index contributed by atoms with van der Waals surface area (Å²) in [5.74, 6) is 0.993. The van der Waals surface area contributed by atoms with Gasteiger partial charge >= 0.3 is 5.69 Å². The molecule has 0 amide bonds. The summed E-state index contributed by atoms with van der Waals surface area (Å²) in [6.45, 7) is 3.08. The standard InChI is InChI=1S/C21H26N4O3S2/c1-2-4-16-6-8-18(9-7-16)30(27,28)24-12-10-17(11-13-24)15-19-22-23-21(26)25(19)20-5-3-14-29-20/h3,5-9,14,17H,2,4,10-13,15H2,1H3,(H,23,26). The van der Waals surface area contributed by atoms with Crippen LogP contribution in [0.4, 0.5) is 0 Å². The van der Waals surface area contributed by atoms with Crippen LogP contribution in [-0.2, 0) is 22.9 Å². The van der Waals surface area contributed by atoms with E-state index in [-0.39, 0.29) is 11.6 Å². The van der Waals surface area contributed by atoms with Gasteiger partial charge in [0.2, 0.25) is 10.0 Å². The van der Waals surface area contributed by atoms with Crippen molar-refractivity contribution >= 4 is 21.4 Å². The Morgan fingerprint density at radius 2 is 1.90 bits per heavy atom. The number of nitrogens with one attached hydrogen (secondary N) is 1. The van der Waals surface area contributed by atoms with Gasteiger partial charge in [0.05, 0.1) is 4.90 Å². The minimum Gasteiger partial charge on any atom is -0.246 e. The maximum absolute atomic E-state index is 13.0. The van der Waals surface area contributed by atoms with Gasteiger partial charge in [0.25, 0.3) is 0 Å². The molecule has 0 spiro atoms. The molecule has 0 radical (unpaired) electrons. The number of thiophene rings is 1. The van der Waals surface area contributed by atoms with Gasteiger partial charge in [-0.3, -0.25) is 0 Å². The fourth-order valence-corrected chi connectivity index (χ4v) is 6.19. The summed E-state index contributed by atoms with van der Waals surface area (Å²) >= 11 is 1.49. The van der Waals surface area contributed by atoms with Gasteiger partial charge in [0.1, 0.15) is 10.8 Å². The van der Waals surface area contributed by atoms with E-state index in [1.165, 1.54) is 11.3 Å². The van der Waals surface area contributed by atoms with Crippen LogP contribution in [0.25, 0.3) is 5.00 Å². The second kappa shape index (κ2) is 8.87. The van der Waals surface area contributed by atoms with E-state index >= 15 is 0 Å². The molecule has 9 heteroatoms. The molecule has 1 aliphatic rings. The molecule has 3 heterocycles. The van der Waals surface area contributed by atoms with Crippen molar-refractivity contribution in [1.82, 2.24) is 19.1 Å². The van der Waals surface area contributed by atoms with Gasteiger partial charge in [-0.15, -0.1) is 11.3 Å². The number of hydrogen-bond donors (Lipinski definition) is 1. The van der Waals surface area contributed by atoms with E-state index in [0.29, 0.717) is 30.2 Å². The molecule has 1 fully saturated rings. The van der Waals surface area contributed by atoms with E-state index in [1.54, 1.807) is 21.0 Å². The number of aromatic nitrogens is 3. The Morgan fingerprint density at radius 3 is 2.53 bits per heavy atom. The highest BCUT2D eigenvalue weighted by Crippen LogP contribution is 2.26. The van der Waals surface area contributed by atoms with Crippen molar-refractivity contribution in [2.75, 3.05) is 13.1 Å². The van der Waals surface area contributed by atoms with Gasteiger partial charge in [-0.25, -0.2) is 22.9 Å². The number of sulfonamides is 1. The minimum atomic E-state index is -3.47. The van der Waals surface area contributed by atoms with E-state index in [0.717, 1.165) is 36.2 Å². The molecule has 1 saturated heterocycles. The fourth-order valence-electron chi connectivity index (χ4n) is 3.97. The van der Waals surface area contributed by atoms with Crippen LogP contribution in [0, 0.1) is 5.92 Å². The predicted octanol–water partition coefficient (Wildman–Crippen LogP) is 3.22. The largest absolute Gasteiger partial charge is 0.348 e. The Bertz CT molecular complexity index is 1120. The number of benzene rings is 1. The Balaban J connectivity index is 1.41. The van der Waals surface area contributed by atoms with Crippen LogP contribution < -0.4 is 5.69 Å². The lowest BCUT2D eigenvalue weighted by Crippen LogP contribution is -2.39. The lowest BCUT2D eigenvalue weighted by atomic mass is 9.94. The van der Waals surface area contributed by atoms with E-state index in [4.69, 9.17) is 0 Å². The van der Waals surface area contributed by atoms with E-state index in [9.17, 15) is 13.2 Å². The lowest BCUT2D eigenvalue weighted by molar-refractivity contribution is 0.270. The van der Waals surface area contributed by atoms with Gasteiger partial charge in [-0.1, -0.05) is 25.5 Å². The number of H-pyrrole nitrogens is 1. The molecule has 0 unspecified atom stereocenters. The van der Waals surface area contributed by atoms with Crippen molar-refractivity contribution in [3.63, 3.8) is 0 Å². The minimum absolute atomic E-state index is 0.237. The van der Waals surface area contributed by atoms with Gasteiger partial charge < -0.3 is 0 Å². The molecule has 1 aromatic carbocycles. The number of piperidine rings is 1. The first-order chi connectivity index (χ1) is 14.5. The van der Waals surface area contributed by atoms with Crippen LogP contribution in [0.1, 0.15) is 37.6 Å². The molecule has 7 nitrogen and oxygen atoms in total.